The first kappa shape index (κ1) is 18.2. The van der Waals surface area contributed by atoms with Gasteiger partial charge in [-0.15, -0.1) is 0 Å². The number of alkyl halides is 11. The fourth-order valence-corrected chi connectivity index (χ4v) is 0.942. The first-order valence-corrected chi connectivity index (χ1v) is 4.28. The van der Waals surface area contributed by atoms with Gasteiger partial charge in [-0.2, -0.15) is 48.3 Å². The Morgan fingerprint density at radius 1 is 0.632 bits per heavy atom. The van der Waals surface area contributed by atoms with Crippen molar-refractivity contribution in [3.8, 4) is 0 Å². The van der Waals surface area contributed by atoms with Crippen molar-refractivity contribution in [3.05, 3.63) is 0 Å². The predicted octanol–water partition coefficient (Wildman–Crippen LogP) is 4.08. The summed E-state index contributed by atoms with van der Waals surface area (Å²) < 4.78 is 137. The van der Waals surface area contributed by atoms with E-state index in [2.05, 4.69) is 4.74 Å². The fourth-order valence-electron chi connectivity index (χ4n) is 0.942. The monoisotopic (exact) mass is 314 g/mol. The second-order valence-electron chi connectivity index (χ2n) is 3.17. The highest BCUT2D eigenvalue weighted by Crippen LogP contribution is 2.57. The summed E-state index contributed by atoms with van der Waals surface area (Å²) in [5, 5.41) is 0. The van der Waals surface area contributed by atoms with Crippen LogP contribution in [0.2, 0.25) is 0 Å². The third kappa shape index (κ3) is 2.58. The minimum absolute atomic E-state index is 0.466. The van der Waals surface area contributed by atoms with E-state index in [0.717, 1.165) is 0 Å². The standard InChI is InChI=1S/C7H5F11O/c1-2-19-5(12,3(8,9)6(13,14)15)4(10,11)7(16,17)18/h2H2,1H3. The molecular weight excluding hydrogens is 309 g/mol. The molecule has 116 valence electrons. The van der Waals surface area contributed by atoms with Crippen LogP contribution in [0, 0.1) is 0 Å². The number of hydrogen-bond donors (Lipinski definition) is 0. The van der Waals surface area contributed by atoms with Crippen molar-refractivity contribution < 1.29 is 53.0 Å². The molecule has 0 bridgehead atoms. The summed E-state index contributed by atoms with van der Waals surface area (Å²) in [7, 11) is 0. The Hall–Kier alpha value is -0.810. The zero-order valence-electron chi connectivity index (χ0n) is 8.77. The van der Waals surface area contributed by atoms with Crippen molar-refractivity contribution in [1.29, 1.82) is 0 Å². The molecule has 0 amide bonds. The molecule has 0 aliphatic rings. The molecule has 0 saturated carbocycles. The smallest absolute Gasteiger partial charge is 0.336 e. The topological polar surface area (TPSA) is 9.23 Å². The van der Waals surface area contributed by atoms with Gasteiger partial charge in [0.1, 0.15) is 0 Å². The maximum Gasteiger partial charge on any atom is 0.459 e. The van der Waals surface area contributed by atoms with E-state index in [1.807, 2.05) is 0 Å². The van der Waals surface area contributed by atoms with Gasteiger partial charge in [0.15, 0.2) is 0 Å². The molecule has 0 radical (unpaired) electrons. The Kier molecular flexibility index (Phi) is 4.43. The van der Waals surface area contributed by atoms with Crippen LogP contribution in [-0.4, -0.2) is 36.7 Å². The van der Waals surface area contributed by atoms with Gasteiger partial charge in [0.05, 0.1) is 0 Å². The fraction of sp³-hybridized carbons (Fsp3) is 1.00. The Morgan fingerprint density at radius 3 is 1.05 bits per heavy atom. The van der Waals surface area contributed by atoms with Crippen LogP contribution in [-0.2, 0) is 4.74 Å². The quantitative estimate of drug-likeness (QED) is 0.710. The summed E-state index contributed by atoms with van der Waals surface area (Å²) in [5.41, 5.74) is 0. The van der Waals surface area contributed by atoms with E-state index in [9.17, 15) is 48.3 Å². The molecule has 1 nitrogen and oxygen atoms in total. The molecule has 0 aromatic heterocycles. The van der Waals surface area contributed by atoms with Crippen LogP contribution in [0.4, 0.5) is 48.3 Å². The normalized spacial score (nSPS) is 15.8. The van der Waals surface area contributed by atoms with E-state index in [1.54, 1.807) is 0 Å². The highest BCUT2D eigenvalue weighted by atomic mass is 19.4. The first-order chi connectivity index (χ1) is 8.06. The van der Waals surface area contributed by atoms with Gasteiger partial charge in [0.25, 0.3) is 0 Å². The van der Waals surface area contributed by atoms with E-state index in [4.69, 9.17) is 0 Å². The molecule has 0 atom stereocenters. The average Bonchev–Trinajstić information content (AvgIpc) is 2.13. The van der Waals surface area contributed by atoms with Gasteiger partial charge >= 0.3 is 30.1 Å². The van der Waals surface area contributed by atoms with Crippen LogP contribution in [0.15, 0.2) is 0 Å². The molecule has 12 heteroatoms. The zero-order valence-corrected chi connectivity index (χ0v) is 8.77. The van der Waals surface area contributed by atoms with Gasteiger partial charge in [-0.05, 0) is 6.92 Å². The molecule has 0 rings (SSSR count). The third-order valence-corrected chi connectivity index (χ3v) is 1.86. The van der Waals surface area contributed by atoms with Gasteiger partial charge in [-0.3, -0.25) is 0 Å². The molecule has 0 unspecified atom stereocenters. The van der Waals surface area contributed by atoms with Crippen molar-refractivity contribution in [1.82, 2.24) is 0 Å². The van der Waals surface area contributed by atoms with Crippen molar-refractivity contribution in [3.63, 3.8) is 0 Å². The molecule has 0 aliphatic carbocycles. The molecule has 0 aromatic carbocycles. The molecular formula is C7H5F11O. The van der Waals surface area contributed by atoms with Gasteiger partial charge in [-0.1, -0.05) is 0 Å². The highest BCUT2D eigenvalue weighted by molar-refractivity contribution is 5.04. The van der Waals surface area contributed by atoms with E-state index < -0.39 is 36.7 Å². The molecule has 19 heavy (non-hydrogen) atoms. The van der Waals surface area contributed by atoms with Crippen molar-refractivity contribution in [2.24, 2.45) is 0 Å². The lowest BCUT2D eigenvalue weighted by molar-refractivity contribution is -0.465. The van der Waals surface area contributed by atoms with Gasteiger partial charge in [-0.25, -0.2) is 0 Å². The van der Waals surface area contributed by atoms with Crippen LogP contribution < -0.4 is 0 Å². The van der Waals surface area contributed by atoms with Crippen molar-refractivity contribution in [2.45, 2.75) is 37.0 Å². The summed E-state index contributed by atoms with van der Waals surface area (Å²) in [4.78, 5) is 0. The minimum Gasteiger partial charge on any atom is -0.336 e. The molecule has 0 N–H and O–H groups in total. The van der Waals surface area contributed by atoms with Crippen LogP contribution in [0.25, 0.3) is 0 Å². The molecule has 0 aliphatic heterocycles. The number of halogens is 11. The maximum absolute atomic E-state index is 13.2. The first-order valence-electron chi connectivity index (χ1n) is 4.28. The molecule has 0 aromatic rings. The maximum atomic E-state index is 13.2. The second kappa shape index (κ2) is 4.63. The van der Waals surface area contributed by atoms with Gasteiger partial charge in [0.2, 0.25) is 0 Å². The Labute approximate surface area is 97.9 Å². The van der Waals surface area contributed by atoms with Crippen molar-refractivity contribution in [2.75, 3.05) is 6.61 Å². The largest absolute Gasteiger partial charge is 0.459 e. The molecule has 0 saturated heterocycles. The van der Waals surface area contributed by atoms with E-state index in [1.165, 1.54) is 0 Å². The average molecular weight is 314 g/mol. The summed E-state index contributed by atoms with van der Waals surface area (Å²) in [6.45, 7) is -1.11. The van der Waals surface area contributed by atoms with Crippen LogP contribution in [0.5, 0.6) is 0 Å². The van der Waals surface area contributed by atoms with E-state index >= 15 is 0 Å². The summed E-state index contributed by atoms with van der Waals surface area (Å²) in [6.07, 6.45) is -14.0. The summed E-state index contributed by atoms with van der Waals surface area (Å²) in [5.74, 6) is -20.8. The SMILES string of the molecule is CCOC(F)(C(F)(F)C(F)(F)F)C(F)(F)C(F)(F)F. The van der Waals surface area contributed by atoms with E-state index in [0.29, 0.717) is 6.92 Å². The highest BCUT2D eigenvalue weighted by Gasteiger charge is 2.87. The minimum atomic E-state index is -7.07. The van der Waals surface area contributed by atoms with E-state index in [-0.39, 0.29) is 0 Å². The summed E-state index contributed by atoms with van der Waals surface area (Å²) >= 11 is 0. The van der Waals surface area contributed by atoms with Crippen molar-refractivity contribution >= 4 is 0 Å². The zero-order chi connectivity index (χ0) is 15.9. The lowest BCUT2D eigenvalue weighted by Crippen LogP contribution is -2.69. The van der Waals surface area contributed by atoms with Crippen LogP contribution in [0.1, 0.15) is 6.92 Å². The third-order valence-electron chi connectivity index (χ3n) is 1.86. The number of rotatable bonds is 4. The van der Waals surface area contributed by atoms with Gasteiger partial charge < -0.3 is 4.74 Å². The van der Waals surface area contributed by atoms with Crippen LogP contribution >= 0.6 is 0 Å². The lowest BCUT2D eigenvalue weighted by Gasteiger charge is -2.39. The Bertz CT molecular complexity index is 288. The molecule has 0 spiro atoms. The Balaban J connectivity index is 6.04. The second-order valence-corrected chi connectivity index (χ2v) is 3.17. The lowest BCUT2D eigenvalue weighted by atomic mass is 10.0. The van der Waals surface area contributed by atoms with Crippen LogP contribution in [0.3, 0.4) is 0 Å². The summed E-state index contributed by atoms with van der Waals surface area (Å²) in [6, 6.07) is 0. The number of ether oxygens (including phenoxy) is 1. The predicted molar refractivity (Wildman–Crippen MR) is 37.5 cm³/mol. The number of hydrogen-bond acceptors (Lipinski definition) is 1. The van der Waals surface area contributed by atoms with Gasteiger partial charge in [0, 0.05) is 6.61 Å². The Morgan fingerprint density at radius 2 is 0.895 bits per heavy atom. The molecule has 0 fully saturated rings. The molecule has 0 heterocycles.